The van der Waals surface area contributed by atoms with Crippen molar-refractivity contribution in [3.05, 3.63) is 23.8 Å². The molecule has 0 unspecified atom stereocenters. The highest BCUT2D eigenvalue weighted by Crippen LogP contribution is 2.42. The Morgan fingerprint density at radius 2 is 1.42 bits per heavy atom. The van der Waals surface area contributed by atoms with Gasteiger partial charge >= 0.3 is 0 Å². The van der Waals surface area contributed by atoms with Gasteiger partial charge in [-0.25, -0.2) is 0 Å². The topological polar surface area (TPSA) is 25.8 Å². The van der Waals surface area contributed by atoms with Gasteiger partial charge in [0.15, 0.2) is 0 Å². The Morgan fingerprint density at radius 3 is 1.83 bits per heavy atom. The SMILES string of the molecule is c1ncc(C2CC2)nc1C1CC1. The molecule has 2 aliphatic carbocycles. The first-order valence-corrected chi connectivity index (χ1v) is 4.75. The van der Waals surface area contributed by atoms with Crippen LogP contribution in [0, 0.1) is 0 Å². The molecule has 2 heteroatoms. The lowest BCUT2D eigenvalue weighted by molar-refractivity contribution is 0.907. The van der Waals surface area contributed by atoms with E-state index in [0.717, 1.165) is 11.8 Å². The molecular formula is C10H12N2. The van der Waals surface area contributed by atoms with E-state index in [1.54, 1.807) is 0 Å². The average Bonchev–Trinajstić information content (AvgIpc) is 2.98. The van der Waals surface area contributed by atoms with E-state index < -0.39 is 0 Å². The van der Waals surface area contributed by atoms with Crippen LogP contribution in [0.25, 0.3) is 0 Å². The molecule has 0 saturated heterocycles. The van der Waals surface area contributed by atoms with Crippen LogP contribution in [0.3, 0.4) is 0 Å². The van der Waals surface area contributed by atoms with Crippen LogP contribution in [0.2, 0.25) is 0 Å². The monoisotopic (exact) mass is 160 g/mol. The molecule has 0 amide bonds. The van der Waals surface area contributed by atoms with Gasteiger partial charge in [0.25, 0.3) is 0 Å². The van der Waals surface area contributed by atoms with E-state index >= 15 is 0 Å². The fourth-order valence-electron chi connectivity index (χ4n) is 1.55. The highest BCUT2D eigenvalue weighted by molar-refractivity contribution is 5.18. The lowest BCUT2D eigenvalue weighted by Gasteiger charge is -1.99. The maximum atomic E-state index is 4.63. The molecule has 0 spiro atoms. The second kappa shape index (κ2) is 2.28. The van der Waals surface area contributed by atoms with Gasteiger partial charge in [-0.3, -0.25) is 9.97 Å². The molecule has 0 bridgehead atoms. The zero-order valence-electron chi connectivity index (χ0n) is 7.03. The lowest BCUT2D eigenvalue weighted by Crippen LogP contribution is -1.93. The summed E-state index contributed by atoms with van der Waals surface area (Å²) < 4.78 is 0. The molecule has 0 atom stereocenters. The molecular weight excluding hydrogens is 148 g/mol. The van der Waals surface area contributed by atoms with Crippen molar-refractivity contribution in [1.82, 2.24) is 9.97 Å². The third kappa shape index (κ3) is 1.11. The highest BCUT2D eigenvalue weighted by Gasteiger charge is 2.29. The average molecular weight is 160 g/mol. The smallest absolute Gasteiger partial charge is 0.0621 e. The fourth-order valence-corrected chi connectivity index (χ4v) is 1.55. The summed E-state index contributed by atoms with van der Waals surface area (Å²) in [7, 11) is 0. The predicted octanol–water partition coefficient (Wildman–Crippen LogP) is 2.23. The largest absolute Gasteiger partial charge is 0.261 e. The van der Waals surface area contributed by atoms with Gasteiger partial charge in [-0.05, 0) is 25.7 Å². The molecule has 0 N–H and O–H groups in total. The Balaban J connectivity index is 1.93. The summed E-state index contributed by atoms with van der Waals surface area (Å²) in [6.07, 6.45) is 9.16. The van der Waals surface area contributed by atoms with Crippen molar-refractivity contribution in [2.45, 2.75) is 37.5 Å². The molecule has 2 aliphatic rings. The summed E-state index contributed by atoms with van der Waals surface area (Å²) in [5.41, 5.74) is 2.47. The van der Waals surface area contributed by atoms with Crippen molar-refractivity contribution in [3.8, 4) is 0 Å². The Hall–Kier alpha value is -0.920. The van der Waals surface area contributed by atoms with Crippen LogP contribution in [0.4, 0.5) is 0 Å². The van der Waals surface area contributed by atoms with Gasteiger partial charge in [0.05, 0.1) is 11.4 Å². The van der Waals surface area contributed by atoms with Crippen LogP contribution in [0.1, 0.15) is 48.9 Å². The zero-order chi connectivity index (χ0) is 7.97. The number of nitrogens with zero attached hydrogens (tertiary/aromatic N) is 2. The van der Waals surface area contributed by atoms with Crippen molar-refractivity contribution in [3.63, 3.8) is 0 Å². The Bertz CT molecular complexity index is 273. The van der Waals surface area contributed by atoms with Gasteiger partial charge in [0.1, 0.15) is 0 Å². The predicted molar refractivity (Wildman–Crippen MR) is 46.0 cm³/mol. The van der Waals surface area contributed by atoms with Crippen molar-refractivity contribution < 1.29 is 0 Å². The molecule has 3 rings (SSSR count). The molecule has 0 radical (unpaired) electrons. The second-order valence-corrected chi connectivity index (χ2v) is 3.92. The fraction of sp³-hybridized carbons (Fsp3) is 0.600. The van der Waals surface area contributed by atoms with E-state index in [1.807, 2.05) is 12.4 Å². The summed E-state index contributed by atoms with van der Waals surface area (Å²) in [5.74, 6) is 1.49. The van der Waals surface area contributed by atoms with Gasteiger partial charge < -0.3 is 0 Å². The van der Waals surface area contributed by atoms with E-state index in [1.165, 1.54) is 37.1 Å². The van der Waals surface area contributed by atoms with Crippen molar-refractivity contribution in [2.75, 3.05) is 0 Å². The first kappa shape index (κ1) is 6.58. The van der Waals surface area contributed by atoms with Crippen molar-refractivity contribution >= 4 is 0 Å². The van der Waals surface area contributed by atoms with Gasteiger partial charge in [0.2, 0.25) is 0 Å². The number of aromatic nitrogens is 2. The maximum Gasteiger partial charge on any atom is 0.0621 e. The Labute approximate surface area is 72.0 Å². The Kier molecular flexibility index (Phi) is 1.25. The number of hydrogen-bond donors (Lipinski definition) is 0. The summed E-state index contributed by atoms with van der Waals surface area (Å²) in [4.78, 5) is 8.88. The van der Waals surface area contributed by atoms with Crippen molar-refractivity contribution in [2.24, 2.45) is 0 Å². The third-order valence-corrected chi connectivity index (χ3v) is 2.66. The van der Waals surface area contributed by atoms with Crippen LogP contribution in [-0.2, 0) is 0 Å². The molecule has 0 aliphatic heterocycles. The van der Waals surface area contributed by atoms with Crippen LogP contribution in [0.5, 0.6) is 0 Å². The molecule has 1 aromatic heterocycles. The van der Waals surface area contributed by atoms with E-state index in [9.17, 15) is 0 Å². The molecule has 1 aromatic rings. The summed E-state index contributed by atoms with van der Waals surface area (Å²) in [6.45, 7) is 0. The highest BCUT2D eigenvalue weighted by atomic mass is 14.8. The minimum atomic E-state index is 0.746. The standard InChI is InChI=1S/C10H12N2/c1-2-7(1)9-5-11-6-10(12-9)8-3-4-8/h5-8H,1-4H2. The third-order valence-electron chi connectivity index (χ3n) is 2.66. The van der Waals surface area contributed by atoms with Crippen LogP contribution >= 0.6 is 0 Å². The van der Waals surface area contributed by atoms with E-state index in [2.05, 4.69) is 9.97 Å². The van der Waals surface area contributed by atoms with E-state index in [-0.39, 0.29) is 0 Å². The molecule has 2 saturated carbocycles. The Morgan fingerprint density at radius 1 is 0.917 bits per heavy atom. The lowest BCUT2D eigenvalue weighted by atomic mass is 10.2. The quantitative estimate of drug-likeness (QED) is 0.663. The first-order chi connectivity index (χ1) is 5.93. The molecule has 0 aromatic carbocycles. The molecule has 2 nitrogen and oxygen atoms in total. The van der Waals surface area contributed by atoms with E-state index in [0.29, 0.717) is 0 Å². The van der Waals surface area contributed by atoms with Gasteiger partial charge in [0, 0.05) is 24.2 Å². The van der Waals surface area contributed by atoms with Crippen LogP contribution in [-0.4, -0.2) is 9.97 Å². The minimum absolute atomic E-state index is 0.746. The molecule has 2 fully saturated rings. The second-order valence-electron chi connectivity index (χ2n) is 3.92. The van der Waals surface area contributed by atoms with E-state index in [4.69, 9.17) is 0 Å². The summed E-state index contributed by atoms with van der Waals surface area (Å²) >= 11 is 0. The maximum absolute atomic E-state index is 4.63. The molecule has 12 heavy (non-hydrogen) atoms. The van der Waals surface area contributed by atoms with Gasteiger partial charge in [-0.15, -0.1) is 0 Å². The minimum Gasteiger partial charge on any atom is -0.261 e. The molecule has 62 valence electrons. The normalized spacial score (nSPS) is 22.7. The summed E-state index contributed by atoms with van der Waals surface area (Å²) in [6, 6.07) is 0. The number of rotatable bonds is 2. The van der Waals surface area contributed by atoms with Crippen molar-refractivity contribution in [1.29, 1.82) is 0 Å². The van der Waals surface area contributed by atoms with Gasteiger partial charge in [-0.1, -0.05) is 0 Å². The summed E-state index contributed by atoms with van der Waals surface area (Å²) in [5, 5.41) is 0. The molecule has 1 heterocycles. The van der Waals surface area contributed by atoms with Gasteiger partial charge in [-0.2, -0.15) is 0 Å². The first-order valence-electron chi connectivity index (χ1n) is 4.75. The van der Waals surface area contributed by atoms with Crippen LogP contribution in [0.15, 0.2) is 12.4 Å². The zero-order valence-corrected chi connectivity index (χ0v) is 7.03. The van der Waals surface area contributed by atoms with Crippen LogP contribution < -0.4 is 0 Å². The number of hydrogen-bond acceptors (Lipinski definition) is 2.